The minimum Gasteiger partial charge on any atom is -0.497 e. The van der Waals surface area contributed by atoms with E-state index in [0.29, 0.717) is 5.25 Å². The molecule has 0 saturated heterocycles. The summed E-state index contributed by atoms with van der Waals surface area (Å²) in [4.78, 5) is 0. The number of methoxy groups -OCH3 is 1. The molecule has 0 amide bonds. The molecule has 1 atom stereocenters. The van der Waals surface area contributed by atoms with Crippen molar-refractivity contribution in [3.05, 3.63) is 29.8 Å². The Bertz CT molecular complexity index is 380. The van der Waals surface area contributed by atoms with Crippen LogP contribution in [0.25, 0.3) is 0 Å². The number of ether oxygens (including phenoxy) is 1. The van der Waals surface area contributed by atoms with Crippen LogP contribution < -0.4 is 4.74 Å². The number of benzene rings is 1. The van der Waals surface area contributed by atoms with Crippen LogP contribution in [-0.4, -0.2) is 22.3 Å². The minimum atomic E-state index is -0.645. The van der Waals surface area contributed by atoms with Crippen molar-refractivity contribution in [1.82, 2.24) is 0 Å². The first-order valence-corrected chi connectivity index (χ1v) is 8.18. The zero-order chi connectivity index (χ0) is 12.8. The summed E-state index contributed by atoms with van der Waals surface area (Å²) >= 11 is 0. The Labute approximate surface area is 112 Å². The van der Waals surface area contributed by atoms with Crippen molar-refractivity contribution in [1.29, 1.82) is 0 Å². The number of hydrogen-bond acceptors (Lipinski definition) is 2. The fourth-order valence-electron chi connectivity index (χ4n) is 2.51. The highest BCUT2D eigenvalue weighted by molar-refractivity contribution is 7.85. The molecule has 0 heterocycles. The molecule has 0 aliphatic heterocycles. The SMILES string of the molecule is COc1ccc(CCS(=O)C2CCCCC2)cc1. The van der Waals surface area contributed by atoms with Gasteiger partial charge in [-0.3, -0.25) is 4.21 Å². The lowest BCUT2D eigenvalue weighted by Crippen LogP contribution is -2.21. The maximum Gasteiger partial charge on any atom is 0.118 e. The predicted molar refractivity (Wildman–Crippen MR) is 76.6 cm³/mol. The number of hydrogen-bond donors (Lipinski definition) is 0. The molecule has 1 aromatic rings. The molecular formula is C15H22O2S. The second-order valence-corrected chi connectivity index (χ2v) is 6.78. The van der Waals surface area contributed by atoms with Gasteiger partial charge >= 0.3 is 0 Å². The topological polar surface area (TPSA) is 26.3 Å². The third kappa shape index (κ3) is 3.84. The van der Waals surface area contributed by atoms with Crippen LogP contribution in [0.3, 0.4) is 0 Å². The van der Waals surface area contributed by atoms with Crippen molar-refractivity contribution in [2.75, 3.05) is 12.9 Å². The number of aryl methyl sites for hydroxylation is 1. The highest BCUT2D eigenvalue weighted by Gasteiger charge is 2.19. The zero-order valence-corrected chi connectivity index (χ0v) is 11.9. The maximum atomic E-state index is 12.2. The van der Waals surface area contributed by atoms with E-state index in [1.165, 1.54) is 24.8 Å². The predicted octanol–water partition coefficient (Wildman–Crippen LogP) is 3.32. The molecular weight excluding hydrogens is 244 g/mol. The van der Waals surface area contributed by atoms with E-state index in [0.717, 1.165) is 30.8 Å². The van der Waals surface area contributed by atoms with Crippen molar-refractivity contribution in [2.45, 2.75) is 43.8 Å². The maximum absolute atomic E-state index is 12.2. The van der Waals surface area contributed by atoms with Gasteiger partial charge in [-0.05, 0) is 37.0 Å². The van der Waals surface area contributed by atoms with Crippen LogP contribution in [0.2, 0.25) is 0 Å². The van der Waals surface area contributed by atoms with Gasteiger partial charge in [-0.1, -0.05) is 31.4 Å². The third-order valence-corrected chi connectivity index (χ3v) is 5.50. The van der Waals surface area contributed by atoms with Gasteiger partial charge in [0.05, 0.1) is 7.11 Å². The summed E-state index contributed by atoms with van der Waals surface area (Å²) in [7, 11) is 1.03. The van der Waals surface area contributed by atoms with Crippen LogP contribution in [-0.2, 0) is 17.2 Å². The first-order valence-electron chi connectivity index (χ1n) is 6.79. The zero-order valence-electron chi connectivity index (χ0n) is 11.1. The van der Waals surface area contributed by atoms with Crippen molar-refractivity contribution in [3.63, 3.8) is 0 Å². The van der Waals surface area contributed by atoms with E-state index >= 15 is 0 Å². The Morgan fingerprint density at radius 3 is 2.44 bits per heavy atom. The molecule has 1 saturated carbocycles. The van der Waals surface area contributed by atoms with Gasteiger partial charge in [0.15, 0.2) is 0 Å². The first kappa shape index (κ1) is 13.6. The summed E-state index contributed by atoms with van der Waals surface area (Å²) in [6, 6.07) is 8.07. The molecule has 1 aromatic carbocycles. The molecule has 0 N–H and O–H groups in total. The molecule has 0 spiro atoms. The summed E-state index contributed by atoms with van der Waals surface area (Å²) in [6.07, 6.45) is 7.08. The number of rotatable bonds is 5. The van der Waals surface area contributed by atoms with Gasteiger partial charge in [0.25, 0.3) is 0 Å². The molecule has 0 bridgehead atoms. The Morgan fingerprint density at radius 1 is 1.17 bits per heavy atom. The van der Waals surface area contributed by atoms with Gasteiger partial charge in [-0.15, -0.1) is 0 Å². The van der Waals surface area contributed by atoms with Crippen LogP contribution in [0.5, 0.6) is 5.75 Å². The lowest BCUT2D eigenvalue weighted by Gasteiger charge is -2.20. The van der Waals surface area contributed by atoms with E-state index in [1.807, 2.05) is 12.1 Å². The summed E-state index contributed by atoms with van der Waals surface area (Å²) in [6.45, 7) is 0. The highest BCUT2D eigenvalue weighted by atomic mass is 32.2. The summed E-state index contributed by atoms with van der Waals surface area (Å²) in [5, 5.41) is 0.456. The standard InChI is InChI=1S/C15H22O2S/c1-17-14-9-7-13(8-10-14)11-12-18(16)15-5-3-2-4-6-15/h7-10,15H,2-6,11-12H2,1H3. The minimum absolute atomic E-state index is 0.456. The van der Waals surface area contributed by atoms with Crippen LogP contribution >= 0.6 is 0 Å². The van der Waals surface area contributed by atoms with Gasteiger partial charge in [0.1, 0.15) is 5.75 Å². The second kappa shape index (κ2) is 6.93. The highest BCUT2D eigenvalue weighted by Crippen LogP contribution is 2.22. The Morgan fingerprint density at radius 2 is 1.83 bits per heavy atom. The molecule has 1 aliphatic rings. The Hall–Kier alpha value is -0.830. The Balaban J connectivity index is 1.80. The van der Waals surface area contributed by atoms with E-state index < -0.39 is 10.8 Å². The fourth-order valence-corrected chi connectivity index (χ4v) is 4.13. The fraction of sp³-hybridized carbons (Fsp3) is 0.600. The molecule has 3 heteroatoms. The van der Waals surface area contributed by atoms with Crippen LogP contribution in [0, 0.1) is 0 Å². The summed E-state index contributed by atoms with van der Waals surface area (Å²) in [5.74, 6) is 1.68. The van der Waals surface area contributed by atoms with Gasteiger partial charge in [0, 0.05) is 21.8 Å². The molecule has 1 unspecified atom stereocenters. The van der Waals surface area contributed by atoms with Crippen LogP contribution in [0.1, 0.15) is 37.7 Å². The summed E-state index contributed by atoms with van der Waals surface area (Å²) < 4.78 is 17.3. The average Bonchev–Trinajstić information content (AvgIpc) is 2.46. The van der Waals surface area contributed by atoms with Crippen molar-refractivity contribution >= 4 is 10.8 Å². The lowest BCUT2D eigenvalue weighted by molar-refractivity contribution is 0.414. The van der Waals surface area contributed by atoms with E-state index in [1.54, 1.807) is 7.11 Å². The monoisotopic (exact) mass is 266 g/mol. The average molecular weight is 266 g/mol. The van der Waals surface area contributed by atoms with Crippen molar-refractivity contribution < 1.29 is 8.95 Å². The van der Waals surface area contributed by atoms with Crippen LogP contribution in [0.15, 0.2) is 24.3 Å². The lowest BCUT2D eigenvalue weighted by atomic mass is 10.0. The molecule has 18 heavy (non-hydrogen) atoms. The largest absolute Gasteiger partial charge is 0.497 e. The van der Waals surface area contributed by atoms with Crippen molar-refractivity contribution in [3.8, 4) is 5.75 Å². The van der Waals surface area contributed by atoms with Gasteiger partial charge in [-0.2, -0.15) is 0 Å². The quantitative estimate of drug-likeness (QED) is 0.817. The normalized spacial score (nSPS) is 18.5. The molecule has 0 radical (unpaired) electrons. The third-order valence-electron chi connectivity index (χ3n) is 3.67. The van der Waals surface area contributed by atoms with E-state index in [4.69, 9.17) is 4.74 Å². The summed E-state index contributed by atoms with van der Waals surface area (Å²) in [5.41, 5.74) is 1.25. The molecule has 2 nitrogen and oxygen atoms in total. The molecule has 100 valence electrons. The smallest absolute Gasteiger partial charge is 0.118 e. The van der Waals surface area contributed by atoms with Gasteiger partial charge in [-0.25, -0.2) is 0 Å². The van der Waals surface area contributed by atoms with E-state index in [2.05, 4.69) is 12.1 Å². The molecule has 2 rings (SSSR count). The molecule has 1 aliphatic carbocycles. The molecule has 1 fully saturated rings. The van der Waals surface area contributed by atoms with Crippen LogP contribution in [0.4, 0.5) is 0 Å². The first-order chi connectivity index (χ1) is 8.79. The van der Waals surface area contributed by atoms with E-state index in [-0.39, 0.29) is 0 Å². The van der Waals surface area contributed by atoms with Crippen molar-refractivity contribution in [2.24, 2.45) is 0 Å². The van der Waals surface area contributed by atoms with Gasteiger partial charge in [0.2, 0.25) is 0 Å². The Kier molecular flexibility index (Phi) is 5.24. The second-order valence-electron chi connectivity index (χ2n) is 4.94. The van der Waals surface area contributed by atoms with E-state index in [9.17, 15) is 4.21 Å². The molecule has 0 aromatic heterocycles. The van der Waals surface area contributed by atoms with Gasteiger partial charge < -0.3 is 4.74 Å².